The molecule has 3 aromatic carbocycles. The predicted molar refractivity (Wildman–Crippen MR) is 119 cm³/mol. The van der Waals surface area contributed by atoms with E-state index < -0.39 is 39.0 Å². The molecule has 3 rings (SSSR count). The Morgan fingerprint density at radius 1 is 0.806 bits per heavy atom. The minimum Gasteiger partial charge on any atom is -0.383 e. The monoisotopic (exact) mass is 443 g/mol. The number of carbonyl (C=O) groups excluding carboxylic acids is 2. The molecule has 3 N–H and O–H groups in total. The molecule has 0 spiro atoms. The van der Waals surface area contributed by atoms with Crippen molar-refractivity contribution in [2.75, 3.05) is 35.2 Å². The summed E-state index contributed by atoms with van der Waals surface area (Å²) >= 11 is 0. The fraction of sp³-hybridized carbons (Fsp3) is 0.182. The van der Waals surface area contributed by atoms with Crippen LogP contribution in [0, 0.1) is 5.82 Å². The Morgan fingerprint density at radius 2 is 1.48 bits per heavy atom. The van der Waals surface area contributed by atoms with E-state index in [1.165, 1.54) is 12.1 Å². The maximum Gasteiger partial charge on any atom is 0.239 e. The van der Waals surface area contributed by atoms with Gasteiger partial charge in [0.15, 0.2) is 9.84 Å². The van der Waals surface area contributed by atoms with E-state index in [0.717, 1.165) is 28.6 Å². The fourth-order valence-corrected chi connectivity index (χ4v) is 4.09. The highest BCUT2D eigenvalue weighted by atomic mass is 32.2. The molecule has 2 amide bonds. The highest BCUT2D eigenvalue weighted by Crippen LogP contribution is 2.22. The summed E-state index contributed by atoms with van der Waals surface area (Å²) in [4.78, 5) is 23.9. The topological polar surface area (TPSA) is 104 Å². The summed E-state index contributed by atoms with van der Waals surface area (Å²) in [7, 11) is -3.94. The van der Waals surface area contributed by atoms with Crippen molar-refractivity contribution in [2.24, 2.45) is 0 Å². The number of fused-ring (bicyclic) bond motifs is 1. The summed E-state index contributed by atoms with van der Waals surface area (Å²) in [5.41, 5.74) is 1.18. The van der Waals surface area contributed by atoms with Gasteiger partial charge in [-0.05, 0) is 35.7 Å². The third-order valence-corrected chi connectivity index (χ3v) is 5.79. The van der Waals surface area contributed by atoms with Gasteiger partial charge < -0.3 is 16.0 Å². The molecule has 0 saturated carbocycles. The second kappa shape index (κ2) is 10.0. The normalized spacial score (nSPS) is 11.1. The van der Waals surface area contributed by atoms with E-state index in [0.29, 0.717) is 6.54 Å². The summed E-state index contributed by atoms with van der Waals surface area (Å²) in [5, 5.41) is 10.2. The van der Waals surface area contributed by atoms with Crippen molar-refractivity contribution in [3.63, 3.8) is 0 Å². The van der Waals surface area contributed by atoms with Crippen LogP contribution in [0.2, 0.25) is 0 Å². The lowest BCUT2D eigenvalue weighted by Crippen LogP contribution is -2.36. The lowest BCUT2D eigenvalue weighted by atomic mass is 10.1. The maximum atomic E-state index is 12.9. The summed E-state index contributed by atoms with van der Waals surface area (Å²) in [6, 6.07) is 18.6. The number of nitrogens with one attached hydrogen (secondary N) is 3. The second-order valence-electron chi connectivity index (χ2n) is 6.89. The Kier molecular flexibility index (Phi) is 7.19. The molecule has 0 radical (unpaired) electrons. The first kappa shape index (κ1) is 22.2. The van der Waals surface area contributed by atoms with Gasteiger partial charge in [-0.3, -0.25) is 9.59 Å². The Hall–Kier alpha value is -3.46. The molecule has 3 aromatic rings. The number of carbonyl (C=O) groups is 2. The van der Waals surface area contributed by atoms with Crippen LogP contribution in [0.15, 0.2) is 66.7 Å². The van der Waals surface area contributed by atoms with E-state index in [1.54, 1.807) is 0 Å². The lowest BCUT2D eigenvalue weighted by molar-refractivity contribution is -0.118. The molecule has 0 heterocycles. The van der Waals surface area contributed by atoms with Crippen LogP contribution in [0.3, 0.4) is 0 Å². The molecule has 0 fully saturated rings. The van der Waals surface area contributed by atoms with Crippen LogP contribution in [0.1, 0.15) is 0 Å². The van der Waals surface area contributed by atoms with Gasteiger partial charge in [0.25, 0.3) is 0 Å². The van der Waals surface area contributed by atoms with E-state index in [4.69, 9.17) is 0 Å². The Morgan fingerprint density at radius 3 is 2.26 bits per heavy atom. The number of anilines is 2. The number of benzene rings is 3. The van der Waals surface area contributed by atoms with Crippen molar-refractivity contribution in [3.05, 3.63) is 72.5 Å². The molecule has 0 saturated heterocycles. The number of amides is 2. The molecule has 0 aromatic heterocycles. The maximum absolute atomic E-state index is 12.9. The molecule has 0 aliphatic heterocycles. The van der Waals surface area contributed by atoms with Crippen molar-refractivity contribution < 1.29 is 22.4 Å². The highest BCUT2D eigenvalue weighted by Gasteiger charge is 2.20. The van der Waals surface area contributed by atoms with Crippen LogP contribution in [0.5, 0.6) is 0 Å². The van der Waals surface area contributed by atoms with Crippen molar-refractivity contribution >= 4 is 43.8 Å². The second-order valence-corrected chi connectivity index (χ2v) is 8.96. The minimum atomic E-state index is -3.94. The van der Waals surface area contributed by atoms with Gasteiger partial charge in [0.1, 0.15) is 17.3 Å². The predicted octanol–water partition coefficient (Wildman–Crippen LogP) is 2.56. The summed E-state index contributed by atoms with van der Waals surface area (Å²) in [6.45, 7) is 0.629. The van der Waals surface area contributed by atoms with Crippen LogP contribution in [-0.4, -0.2) is 44.8 Å². The van der Waals surface area contributed by atoms with Crippen LogP contribution >= 0.6 is 0 Å². The van der Waals surface area contributed by atoms with E-state index in [2.05, 4.69) is 16.0 Å². The molecule has 0 aliphatic carbocycles. The smallest absolute Gasteiger partial charge is 0.239 e. The van der Waals surface area contributed by atoms with Gasteiger partial charge in [-0.2, -0.15) is 0 Å². The summed E-state index contributed by atoms with van der Waals surface area (Å²) in [6.07, 6.45) is 0. The van der Waals surface area contributed by atoms with Gasteiger partial charge in [-0.25, -0.2) is 12.8 Å². The van der Waals surface area contributed by atoms with Crippen molar-refractivity contribution in [1.29, 1.82) is 0 Å². The standard InChI is InChI=1S/C22H22FN3O4S/c23-17-8-10-18(11-9-17)26-22(28)15-31(29,30)14-21(27)25-13-12-24-20-7-3-5-16-4-1-2-6-19(16)20/h1-11,24H,12-15H2,(H,25,27)(H,26,28). The average Bonchev–Trinajstić information content (AvgIpc) is 2.72. The fourth-order valence-electron chi connectivity index (χ4n) is 3.01. The van der Waals surface area contributed by atoms with E-state index >= 15 is 0 Å². The molecule has 0 bridgehead atoms. The van der Waals surface area contributed by atoms with Gasteiger partial charge in [0, 0.05) is 29.9 Å². The van der Waals surface area contributed by atoms with Crippen molar-refractivity contribution in [2.45, 2.75) is 0 Å². The zero-order valence-corrected chi connectivity index (χ0v) is 17.4. The summed E-state index contributed by atoms with van der Waals surface area (Å²) < 4.78 is 37.1. The minimum absolute atomic E-state index is 0.222. The number of rotatable bonds is 9. The number of sulfone groups is 1. The molecule has 31 heavy (non-hydrogen) atoms. The van der Waals surface area contributed by atoms with Crippen LogP contribution in [0.4, 0.5) is 15.8 Å². The Balaban J connectivity index is 1.43. The van der Waals surface area contributed by atoms with Crippen molar-refractivity contribution in [3.8, 4) is 0 Å². The van der Waals surface area contributed by atoms with Crippen LogP contribution in [0.25, 0.3) is 10.8 Å². The van der Waals surface area contributed by atoms with Gasteiger partial charge in [-0.1, -0.05) is 36.4 Å². The largest absolute Gasteiger partial charge is 0.383 e. The average molecular weight is 444 g/mol. The first-order chi connectivity index (χ1) is 14.8. The van der Waals surface area contributed by atoms with E-state index in [-0.39, 0.29) is 12.2 Å². The molecule has 162 valence electrons. The van der Waals surface area contributed by atoms with Crippen LogP contribution < -0.4 is 16.0 Å². The Bertz CT molecular complexity index is 1180. The first-order valence-corrected chi connectivity index (χ1v) is 11.4. The number of hydrogen-bond acceptors (Lipinski definition) is 5. The van der Waals surface area contributed by atoms with Crippen LogP contribution in [-0.2, 0) is 19.4 Å². The third kappa shape index (κ3) is 6.78. The first-order valence-electron chi connectivity index (χ1n) is 9.56. The van der Waals surface area contributed by atoms with Gasteiger partial charge >= 0.3 is 0 Å². The SMILES string of the molecule is O=C(CS(=O)(=O)CC(=O)Nc1ccc(F)cc1)NCCNc1cccc2ccccc12. The van der Waals surface area contributed by atoms with Crippen molar-refractivity contribution in [1.82, 2.24) is 5.32 Å². The quantitative estimate of drug-likeness (QED) is 0.441. The molecular weight excluding hydrogens is 421 g/mol. The van der Waals surface area contributed by atoms with Gasteiger partial charge in [-0.15, -0.1) is 0 Å². The molecular formula is C22H22FN3O4S. The lowest BCUT2D eigenvalue weighted by Gasteiger charge is -2.11. The molecule has 0 aliphatic rings. The zero-order valence-electron chi connectivity index (χ0n) is 16.6. The number of hydrogen-bond donors (Lipinski definition) is 3. The van der Waals surface area contributed by atoms with E-state index in [9.17, 15) is 22.4 Å². The Labute approximate surface area is 179 Å². The van der Waals surface area contributed by atoms with E-state index in [1.807, 2.05) is 42.5 Å². The third-order valence-electron chi connectivity index (χ3n) is 4.38. The highest BCUT2D eigenvalue weighted by molar-refractivity contribution is 7.92. The zero-order chi connectivity index (χ0) is 22.3. The van der Waals surface area contributed by atoms with Gasteiger partial charge in [0.2, 0.25) is 11.8 Å². The molecule has 0 unspecified atom stereocenters. The number of halogens is 1. The van der Waals surface area contributed by atoms with Gasteiger partial charge in [0.05, 0.1) is 0 Å². The molecule has 7 nitrogen and oxygen atoms in total. The molecule has 9 heteroatoms. The molecule has 0 atom stereocenters. The summed E-state index contributed by atoms with van der Waals surface area (Å²) in [5.74, 6) is -3.59.